The van der Waals surface area contributed by atoms with Gasteiger partial charge in [-0.05, 0) is 12.5 Å². The van der Waals surface area contributed by atoms with Crippen molar-refractivity contribution in [3.8, 4) is 0 Å². The van der Waals surface area contributed by atoms with Gasteiger partial charge in [0.2, 0.25) is 0 Å². The SMILES string of the molecule is OC1CCN(c2[nH]ccc(=S)c2Cl)C1. The Labute approximate surface area is 92.3 Å². The van der Waals surface area contributed by atoms with E-state index in [0.29, 0.717) is 16.1 Å². The summed E-state index contributed by atoms with van der Waals surface area (Å²) in [5.74, 6) is 0.815. The Morgan fingerprint density at radius 2 is 2.43 bits per heavy atom. The highest BCUT2D eigenvalue weighted by Gasteiger charge is 2.22. The molecule has 76 valence electrons. The fourth-order valence-electron chi connectivity index (χ4n) is 1.62. The normalized spacial score (nSPS) is 21.6. The number of nitrogens with one attached hydrogen (secondary N) is 1. The molecule has 2 rings (SSSR count). The lowest BCUT2D eigenvalue weighted by Gasteiger charge is -2.18. The van der Waals surface area contributed by atoms with E-state index < -0.39 is 0 Å². The van der Waals surface area contributed by atoms with Crippen LogP contribution in [0.25, 0.3) is 0 Å². The number of hydrogen-bond acceptors (Lipinski definition) is 3. The standard InChI is InChI=1S/C9H11ClN2OS/c10-8-7(14)1-3-11-9(8)12-4-2-6(13)5-12/h1,3,6,13H,2,4-5H2,(H,11,14). The molecule has 1 unspecified atom stereocenters. The average molecular weight is 231 g/mol. The molecule has 5 heteroatoms. The molecule has 0 spiro atoms. The molecule has 0 radical (unpaired) electrons. The first kappa shape index (κ1) is 9.96. The molecular formula is C9H11ClN2OS. The molecule has 1 aromatic heterocycles. The smallest absolute Gasteiger partial charge is 0.126 e. The summed E-state index contributed by atoms with van der Waals surface area (Å²) in [5, 5.41) is 9.96. The first-order valence-corrected chi connectivity index (χ1v) is 5.27. The van der Waals surface area contributed by atoms with E-state index in [4.69, 9.17) is 23.8 Å². The number of aromatic nitrogens is 1. The quantitative estimate of drug-likeness (QED) is 0.725. The molecular weight excluding hydrogens is 220 g/mol. The van der Waals surface area contributed by atoms with Gasteiger partial charge in [0.1, 0.15) is 5.82 Å². The third kappa shape index (κ3) is 1.78. The van der Waals surface area contributed by atoms with Crippen LogP contribution < -0.4 is 4.90 Å². The van der Waals surface area contributed by atoms with Crippen LogP contribution in [0.3, 0.4) is 0 Å². The predicted octanol–water partition coefficient (Wildman–Crippen LogP) is 1.97. The second kappa shape index (κ2) is 3.88. The fraction of sp³-hybridized carbons (Fsp3) is 0.444. The maximum Gasteiger partial charge on any atom is 0.126 e. The number of halogens is 1. The van der Waals surface area contributed by atoms with Crippen LogP contribution in [-0.2, 0) is 0 Å². The molecule has 0 bridgehead atoms. The summed E-state index contributed by atoms with van der Waals surface area (Å²) in [4.78, 5) is 5.07. The van der Waals surface area contributed by atoms with Crippen molar-refractivity contribution in [1.29, 1.82) is 0 Å². The van der Waals surface area contributed by atoms with E-state index >= 15 is 0 Å². The number of aliphatic hydroxyl groups is 1. The van der Waals surface area contributed by atoms with Gasteiger partial charge in [0.25, 0.3) is 0 Å². The summed E-state index contributed by atoms with van der Waals surface area (Å²) >= 11 is 11.1. The van der Waals surface area contributed by atoms with Gasteiger partial charge in [-0.25, -0.2) is 0 Å². The minimum Gasteiger partial charge on any atom is -0.391 e. The fourth-order valence-corrected chi connectivity index (χ4v) is 2.03. The van der Waals surface area contributed by atoms with Gasteiger partial charge < -0.3 is 15.0 Å². The maximum absolute atomic E-state index is 9.40. The Kier molecular flexibility index (Phi) is 2.76. The summed E-state index contributed by atoms with van der Waals surface area (Å²) in [7, 11) is 0. The average Bonchev–Trinajstić information content (AvgIpc) is 2.57. The lowest BCUT2D eigenvalue weighted by Crippen LogP contribution is -2.22. The van der Waals surface area contributed by atoms with E-state index in [-0.39, 0.29) is 6.10 Å². The molecule has 0 amide bonds. The van der Waals surface area contributed by atoms with Crippen molar-refractivity contribution in [3.05, 3.63) is 21.8 Å². The molecule has 0 aromatic carbocycles. The lowest BCUT2D eigenvalue weighted by molar-refractivity contribution is 0.198. The van der Waals surface area contributed by atoms with Gasteiger partial charge in [-0.15, -0.1) is 0 Å². The largest absolute Gasteiger partial charge is 0.391 e. The molecule has 3 nitrogen and oxygen atoms in total. The number of rotatable bonds is 1. The molecule has 0 aliphatic carbocycles. The highest BCUT2D eigenvalue weighted by Crippen LogP contribution is 2.26. The predicted molar refractivity (Wildman–Crippen MR) is 59.5 cm³/mol. The summed E-state index contributed by atoms with van der Waals surface area (Å²) in [6, 6.07) is 1.76. The van der Waals surface area contributed by atoms with Crippen molar-refractivity contribution in [1.82, 2.24) is 4.98 Å². The zero-order valence-electron chi connectivity index (χ0n) is 7.53. The summed E-state index contributed by atoms with van der Waals surface area (Å²) < 4.78 is 0.641. The summed E-state index contributed by atoms with van der Waals surface area (Å²) in [6.45, 7) is 1.44. The van der Waals surface area contributed by atoms with E-state index in [1.54, 1.807) is 12.3 Å². The van der Waals surface area contributed by atoms with Crippen molar-refractivity contribution in [2.24, 2.45) is 0 Å². The monoisotopic (exact) mass is 230 g/mol. The van der Waals surface area contributed by atoms with Gasteiger partial charge in [-0.3, -0.25) is 0 Å². The Morgan fingerprint density at radius 3 is 3.07 bits per heavy atom. The number of aromatic amines is 1. The first-order chi connectivity index (χ1) is 6.68. The van der Waals surface area contributed by atoms with E-state index in [1.807, 2.05) is 4.90 Å². The third-order valence-corrected chi connectivity index (χ3v) is 3.19. The highest BCUT2D eigenvalue weighted by molar-refractivity contribution is 7.71. The number of aliphatic hydroxyl groups excluding tert-OH is 1. The van der Waals surface area contributed by atoms with E-state index in [2.05, 4.69) is 4.98 Å². The Morgan fingerprint density at radius 1 is 1.64 bits per heavy atom. The van der Waals surface area contributed by atoms with E-state index in [9.17, 15) is 5.11 Å². The van der Waals surface area contributed by atoms with Crippen LogP contribution in [0, 0.1) is 4.51 Å². The van der Waals surface area contributed by atoms with E-state index in [1.165, 1.54) is 0 Å². The molecule has 2 N–H and O–H groups in total. The van der Waals surface area contributed by atoms with Crippen molar-refractivity contribution >= 4 is 29.6 Å². The zero-order valence-corrected chi connectivity index (χ0v) is 9.11. The van der Waals surface area contributed by atoms with Gasteiger partial charge in [0, 0.05) is 19.3 Å². The summed E-state index contributed by atoms with van der Waals surface area (Å²) in [5.41, 5.74) is 0. The van der Waals surface area contributed by atoms with Crippen LogP contribution in [0.5, 0.6) is 0 Å². The van der Waals surface area contributed by atoms with Crippen LogP contribution in [0.1, 0.15) is 6.42 Å². The lowest BCUT2D eigenvalue weighted by atomic mass is 10.3. The molecule has 1 fully saturated rings. The number of hydrogen-bond donors (Lipinski definition) is 2. The topological polar surface area (TPSA) is 39.3 Å². The van der Waals surface area contributed by atoms with Gasteiger partial charge in [0.05, 0.1) is 15.6 Å². The highest BCUT2D eigenvalue weighted by atomic mass is 35.5. The van der Waals surface area contributed by atoms with Crippen LogP contribution in [0.4, 0.5) is 5.82 Å². The minimum atomic E-state index is -0.256. The molecule has 0 saturated carbocycles. The molecule has 1 saturated heterocycles. The molecule has 14 heavy (non-hydrogen) atoms. The molecule has 2 heterocycles. The minimum absolute atomic E-state index is 0.256. The zero-order chi connectivity index (χ0) is 10.1. The number of anilines is 1. The summed E-state index contributed by atoms with van der Waals surface area (Å²) in [6.07, 6.45) is 2.30. The molecule has 1 aliphatic heterocycles. The van der Waals surface area contributed by atoms with Gasteiger partial charge in [-0.2, -0.15) is 0 Å². The van der Waals surface area contributed by atoms with Crippen molar-refractivity contribution in [3.63, 3.8) is 0 Å². The number of pyridine rings is 1. The first-order valence-electron chi connectivity index (χ1n) is 4.48. The van der Waals surface area contributed by atoms with Crippen LogP contribution in [-0.4, -0.2) is 29.3 Å². The van der Waals surface area contributed by atoms with Crippen molar-refractivity contribution in [2.75, 3.05) is 18.0 Å². The van der Waals surface area contributed by atoms with Crippen LogP contribution >= 0.6 is 23.8 Å². The van der Waals surface area contributed by atoms with Crippen molar-refractivity contribution in [2.45, 2.75) is 12.5 Å². The second-order valence-corrected chi connectivity index (χ2v) is 4.21. The number of nitrogens with zero attached hydrogens (tertiary/aromatic N) is 1. The number of β-amino-alcohol motifs (C(OH)–C–C–N with tert-alkyl or cyclic N) is 1. The van der Waals surface area contributed by atoms with Gasteiger partial charge in [-0.1, -0.05) is 23.8 Å². The Balaban J connectivity index is 2.33. The van der Waals surface area contributed by atoms with Crippen molar-refractivity contribution < 1.29 is 5.11 Å². The van der Waals surface area contributed by atoms with E-state index in [0.717, 1.165) is 18.8 Å². The molecule has 1 atom stereocenters. The second-order valence-electron chi connectivity index (χ2n) is 3.39. The molecule has 1 aliphatic rings. The van der Waals surface area contributed by atoms with Crippen LogP contribution in [0.15, 0.2) is 12.3 Å². The third-order valence-electron chi connectivity index (χ3n) is 2.36. The Bertz CT molecular complexity index is 393. The van der Waals surface area contributed by atoms with Gasteiger partial charge >= 0.3 is 0 Å². The van der Waals surface area contributed by atoms with Crippen LogP contribution in [0.2, 0.25) is 5.02 Å². The maximum atomic E-state index is 9.40. The molecule has 1 aromatic rings. The Hall–Kier alpha value is -0.580. The number of H-pyrrole nitrogens is 1. The van der Waals surface area contributed by atoms with Gasteiger partial charge in [0.15, 0.2) is 0 Å².